The zero-order valence-corrected chi connectivity index (χ0v) is 20.6. The summed E-state index contributed by atoms with van der Waals surface area (Å²) in [5.41, 5.74) is 2.27. The molecule has 0 bridgehead atoms. The van der Waals surface area contributed by atoms with Crippen LogP contribution in [0.15, 0.2) is 40.3 Å². The Kier molecular flexibility index (Phi) is 6.58. The normalized spacial score (nSPS) is 19.5. The third-order valence-corrected chi connectivity index (χ3v) is 8.79. The zero-order chi connectivity index (χ0) is 22.9. The van der Waals surface area contributed by atoms with Crippen molar-refractivity contribution in [2.75, 3.05) is 6.61 Å². The minimum Gasteiger partial charge on any atom is -0.376 e. The number of aromatic nitrogens is 2. The second-order valence-electron chi connectivity index (χ2n) is 8.88. The molecule has 3 atom stereocenters. The average molecular weight is 484 g/mol. The standard InChI is InChI=1S/C25H29N3O3S2/c1-15(17-8-4-3-5-9-17)26-22(29)16(2)32-25-27-23-21(19-11-6-12-20(19)33-23)24(30)28(25)14-18-10-7-13-31-18/h3-5,8-9,15-16,18H,6-7,10-14H2,1-2H3,(H,26,29)/t15-,16-,18+/m1/s1. The Morgan fingerprint density at radius 1 is 1.27 bits per heavy atom. The minimum absolute atomic E-state index is 0.0164. The third kappa shape index (κ3) is 4.61. The first-order valence-corrected chi connectivity index (χ1v) is 13.4. The van der Waals surface area contributed by atoms with Gasteiger partial charge in [-0.3, -0.25) is 14.2 Å². The Hall–Kier alpha value is -2.16. The van der Waals surface area contributed by atoms with Gasteiger partial charge in [0.15, 0.2) is 5.16 Å². The minimum atomic E-state index is -0.386. The van der Waals surface area contributed by atoms with Crippen molar-refractivity contribution in [2.24, 2.45) is 0 Å². The highest BCUT2D eigenvalue weighted by Gasteiger charge is 2.27. The van der Waals surface area contributed by atoms with Gasteiger partial charge < -0.3 is 10.1 Å². The van der Waals surface area contributed by atoms with E-state index in [1.165, 1.54) is 22.2 Å². The summed E-state index contributed by atoms with van der Waals surface area (Å²) in [6.07, 6.45) is 5.07. The van der Waals surface area contributed by atoms with Crippen molar-refractivity contribution in [3.8, 4) is 0 Å². The number of carbonyl (C=O) groups is 1. The monoisotopic (exact) mass is 483 g/mol. The van der Waals surface area contributed by atoms with Crippen molar-refractivity contribution in [1.82, 2.24) is 14.9 Å². The summed E-state index contributed by atoms with van der Waals surface area (Å²) in [6, 6.07) is 9.83. The van der Waals surface area contributed by atoms with Crippen LogP contribution in [0.2, 0.25) is 0 Å². The van der Waals surface area contributed by atoms with Crippen LogP contribution in [-0.2, 0) is 28.9 Å². The van der Waals surface area contributed by atoms with Gasteiger partial charge in [0, 0.05) is 11.5 Å². The lowest BCUT2D eigenvalue weighted by Gasteiger charge is -2.20. The summed E-state index contributed by atoms with van der Waals surface area (Å²) in [6.45, 7) is 5.08. The number of aryl methyl sites for hydroxylation is 2. The van der Waals surface area contributed by atoms with Crippen molar-refractivity contribution >= 4 is 39.2 Å². The number of amides is 1. The van der Waals surface area contributed by atoms with Crippen molar-refractivity contribution in [3.05, 3.63) is 56.7 Å². The van der Waals surface area contributed by atoms with Gasteiger partial charge in [0.2, 0.25) is 5.91 Å². The van der Waals surface area contributed by atoms with E-state index in [0.717, 1.165) is 54.5 Å². The summed E-state index contributed by atoms with van der Waals surface area (Å²) < 4.78 is 7.60. The molecule has 33 heavy (non-hydrogen) atoms. The Labute approximate surface area is 201 Å². The van der Waals surface area contributed by atoms with Gasteiger partial charge in [-0.2, -0.15) is 0 Å². The molecule has 0 radical (unpaired) electrons. The highest BCUT2D eigenvalue weighted by molar-refractivity contribution is 8.00. The largest absolute Gasteiger partial charge is 0.376 e. The number of nitrogens with zero attached hydrogens (tertiary/aromatic N) is 2. The summed E-state index contributed by atoms with van der Waals surface area (Å²) in [5, 5.41) is 4.10. The molecule has 1 aromatic carbocycles. The first-order valence-electron chi connectivity index (χ1n) is 11.7. The lowest BCUT2D eigenvalue weighted by Crippen LogP contribution is -2.34. The maximum absolute atomic E-state index is 13.6. The molecule has 3 aromatic rings. The summed E-state index contributed by atoms with van der Waals surface area (Å²) in [5.74, 6) is -0.0666. The van der Waals surface area contributed by atoms with Crippen LogP contribution in [0.3, 0.4) is 0 Å². The van der Waals surface area contributed by atoms with Crippen LogP contribution in [-0.4, -0.2) is 33.4 Å². The molecule has 6 nitrogen and oxygen atoms in total. The number of thiophene rings is 1. The highest BCUT2D eigenvalue weighted by atomic mass is 32.2. The van der Waals surface area contributed by atoms with Gasteiger partial charge in [0.1, 0.15) is 4.83 Å². The fraction of sp³-hybridized carbons (Fsp3) is 0.480. The molecule has 1 N–H and O–H groups in total. The van der Waals surface area contributed by atoms with Crippen LogP contribution in [0, 0.1) is 0 Å². The molecule has 0 saturated carbocycles. The fourth-order valence-electron chi connectivity index (χ4n) is 4.67. The molecule has 0 spiro atoms. The molecule has 1 aliphatic heterocycles. The molecule has 1 amide bonds. The molecule has 1 saturated heterocycles. The van der Waals surface area contributed by atoms with Crippen LogP contribution in [0.4, 0.5) is 0 Å². The van der Waals surface area contributed by atoms with Gasteiger partial charge in [-0.25, -0.2) is 4.98 Å². The molecule has 174 valence electrons. The third-order valence-electron chi connectivity index (χ3n) is 6.51. The van der Waals surface area contributed by atoms with Crippen molar-refractivity contribution in [3.63, 3.8) is 0 Å². The van der Waals surface area contributed by atoms with Crippen LogP contribution in [0.1, 0.15) is 55.2 Å². The van der Waals surface area contributed by atoms with E-state index in [4.69, 9.17) is 9.72 Å². The molecule has 3 heterocycles. The van der Waals surface area contributed by atoms with Crippen LogP contribution in [0.25, 0.3) is 10.2 Å². The summed E-state index contributed by atoms with van der Waals surface area (Å²) in [4.78, 5) is 33.6. The number of fused-ring (bicyclic) bond motifs is 3. The first-order chi connectivity index (χ1) is 16.0. The van der Waals surface area contributed by atoms with Crippen LogP contribution in [0.5, 0.6) is 0 Å². The molecule has 5 rings (SSSR count). The van der Waals surface area contributed by atoms with Crippen LogP contribution >= 0.6 is 23.1 Å². The molecular formula is C25H29N3O3S2. The summed E-state index contributed by atoms with van der Waals surface area (Å²) >= 11 is 3.00. The maximum atomic E-state index is 13.6. The maximum Gasteiger partial charge on any atom is 0.263 e. The van der Waals surface area contributed by atoms with E-state index >= 15 is 0 Å². The van der Waals surface area contributed by atoms with E-state index in [2.05, 4.69) is 5.32 Å². The predicted molar refractivity (Wildman–Crippen MR) is 133 cm³/mol. The van der Waals surface area contributed by atoms with E-state index in [1.54, 1.807) is 15.9 Å². The van der Waals surface area contributed by atoms with Gasteiger partial charge >= 0.3 is 0 Å². The second kappa shape index (κ2) is 9.60. The molecular weight excluding hydrogens is 454 g/mol. The van der Waals surface area contributed by atoms with E-state index in [1.807, 2.05) is 44.2 Å². The average Bonchev–Trinajstić information content (AvgIpc) is 3.54. The van der Waals surface area contributed by atoms with Gasteiger partial charge in [-0.05, 0) is 57.1 Å². The molecule has 1 aliphatic carbocycles. The van der Waals surface area contributed by atoms with Gasteiger partial charge in [0.05, 0.1) is 29.3 Å². The number of carbonyl (C=O) groups excluding carboxylic acids is 1. The number of nitrogens with one attached hydrogen (secondary N) is 1. The van der Waals surface area contributed by atoms with Gasteiger partial charge in [-0.1, -0.05) is 42.1 Å². The van der Waals surface area contributed by atoms with E-state index < -0.39 is 0 Å². The second-order valence-corrected chi connectivity index (χ2v) is 11.3. The SMILES string of the molecule is C[C@@H](Sc1nc2sc3c(c2c(=O)n1C[C@@H]1CCCO1)CCC3)C(=O)N[C@H](C)c1ccccc1. The lowest BCUT2D eigenvalue weighted by atomic mass is 10.1. The quantitative estimate of drug-likeness (QED) is 0.396. The van der Waals surface area contributed by atoms with Crippen LogP contribution < -0.4 is 10.9 Å². The van der Waals surface area contributed by atoms with Gasteiger partial charge in [0.25, 0.3) is 5.56 Å². The first kappa shape index (κ1) is 22.6. The van der Waals surface area contributed by atoms with Gasteiger partial charge in [-0.15, -0.1) is 11.3 Å². The molecule has 0 unspecified atom stereocenters. The fourth-order valence-corrected chi connectivity index (χ4v) is 6.90. The Balaban J connectivity index is 1.42. The lowest BCUT2D eigenvalue weighted by molar-refractivity contribution is -0.120. The Morgan fingerprint density at radius 3 is 2.85 bits per heavy atom. The molecule has 1 fully saturated rings. The van der Waals surface area contributed by atoms with E-state index in [0.29, 0.717) is 11.7 Å². The van der Waals surface area contributed by atoms with Crippen molar-refractivity contribution in [1.29, 1.82) is 0 Å². The smallest absolute Gasteiger partial charge is 0.263 e. The van der Waals surface area contributed by atoms with E-state index in [-0.39, 0.29) is 28.9 Å². The number of ether oxygens (including phenoxy) is 1. The topological polar surface area (TPSA) is 73.2 Å². The highest BCUT2D eigenvalue weighted by Crippen LogP contribution is 2.36. The Morgan fingerprint density at radius 2 is 2.09 bits per heavy atom. The van der Waals surface area contributed by atoms with Crippen molar-refractivity contribution in [2.45, 2.75) is 75.0 Å². The number of benzene rings is 1. The number of rotatable bonds is 7. The number of thioether (sulfide) groups is 1. The molecule has 2 aliphatic rings. The summed E-state index contributed by atoms with van der Waals surface area (Å²) in [7, 11) is 0. The zero-order valence-electron chi connectivity index (χ0n) is 19.0. The van der Waals surface area contributed by atoms with Crippen molar-refractivity contribution < 1.29 is 9.53 Å². The Bertz CT molecular complexity index is 1220. The number of hydrogen-bond donors (Lipinski definition) is 1. The van der Waals surface area contributed by atoms with E-state index in [9.17, 15) is 9.59 Å². The number of hydrogen-bond acceptors (Lipinski definition) is 6. The predicted octanol–water partition coefficient (Wildman–Crippen LogP) is 4.48. The molecule has 8 heteroatoms. The molecule has 2 aromatic heterocycles.